The fourth-order valence-corrected chi connectivity index (χ4v) is 3.35. The molecule has 32 heavy (non-hydrogen) atoms. The molecule has 0 spiro atoms. The standard InChI is InChI=1S/C22H25FN4O4.CH4/c1-30-17-7-5-15(6-8-17)22(29)27-11-9-26(10-12-27)18-4-2-3-16(21(18)23)14-31-20(28)13-19(24)25;/h2-8H,9-14H2,1H3,(H3,24,25);1H4. The predicted molar refractivity (Wildman–Crippen MR) is 121 cm³/mol. The molecule has 3 rings (SSSR count). The highest BCUT2D eigenvalue weighted by atomic mass is 19.1. The second-order valence-corrected chi connectivity index (χ2v) is 7.12. The van der Waals surface area contributed by atoms with E-state index < -0.39 is 11.8 Å². The second kappa shape index (κ2) is 11.1. The summed E-state index contributed by atoms with van der Waals surface area (Å²) in [6.07, 6.45) is -0.328. The maximum absolute atomic E-state index is 15.0. The van der Waals surface area contributed by atoms with Crippen LogP contribution in [0.3, 0.4) is 0 Å². The van der Waals surface area contributed by atoms with Gasteiger partial charge in [0.2, 0.25) is 0 Å². The number of benzene rings is 2. The summed E-state index contributed by atoms with van der Waals surface area (Å²) in [6.45, 7) is 1.64. The van der Waals surface area contributed by atoms with Gasteiger partial charge < -0.3 is 25.0 Å². The number of esters is 1. The number of methoxy groups -OCH3 is 1. The zero-order chi connectivity index (χ0) is 22.4. The Kier molecular flexibility index (Phi) is 8.57. The molecule has 0 radical (unpaired) electrons. The first-order valence-electron chi connectivity index (χ1n) is 9.83. The molecular weight excluding hydrogens is 415 g/mol. The van der Waals surface area contributed by atoms with Crippen LogP contribution in [0, 0.1) is 11.2 Å². The molecule has 2 aromatic rings. The average Bonchev–Trinajstić information content (AvgIpc) is 2.77. The molecule has 0 unspecified atom stereocenters. The van der Waals surface area contributed by atoms with Gasteiger partial charge in [0, 0.05) is 37.3 Å². The summed E-state index contributed by atoms with van der Waals surface area (Å²) < 4.78 is 25.1. The topological polar surface area (TPSA) is 109 Å². The first-order chi connectivity index (χ1) is 14.9. The van der Waals surface area contributed by atoms with Gasteiger partial charge in [-0.3, -0.25) is 15.0 Å². The van der Waals surface area contributed by atoms with Crippen molar-refractivity contribution in [2.45, 2.75) is 20.5 Å². The number of amides is 1. The van der Waals surface area contributed by atoms with E-state index in [1.54, 1.807) is 54.5 Å². The van der Waals surface area contributed by atoms with E-state index in [4.69, 9.17) is 20.6 Å². The molecule has 1 fully saturated rings. The number of hydrogen-bond acceptors (Lipinski definition) is 6. The van der Waals surface area contributed by atoms with Crippen LogP contribution in [0.1, 0.15) is 29.8 Å². The second-order valence-electron chi connectivity index (χ2n) is 7.12. The van der Waals surface area contributed by atoms with Gasteiger partial charge in [-0.05, 0) is 30.3 Å². The lowest BCUT2D eigenvalue weighted by Crippen LogP contribution is -2.49. The average molecular weight is 445 g/mol. The van der Waals surface area contributed by atoms with Gasteiger partial charge in [0.25, 0.3) is 5.91 Å². The summed E-state index contributed by atoms with van der Waals surface area (Å²) in [5.74, 6) is -0.838. The van der Waals surface area contributed by atoms with E-state index >= 15 is 0 Å². The number of piperazine rings is 1. The summed E-state index contributed by atoms with van der Waals surface area (Å²) in [6, 6.07) is 11.8. The molecule has 0 aliphatic carbocycles. The number of nitrogens with two attached hydrogens (primary N) is 1. The van der Waals surface area contributed by atoms with E-state index in [-0.39, 0.29) is 37.8 Å². The molecule has 0 saturated carbocycles. The fraction of sp³-hybridized carbons (Fsp3) is 0.348. The van der Waals surface area contributed by atoms with E-state index in [2.05, 4.69) is 0 Å². The third-order valence-electron chi connectivity index (χ3n) is 5.03. The minimum absolute atomic E-state index is 0. The van der Waals surface area contributed by atoms with Crippen molar-refractivity contribution in [1.29, 1.82) is 5.41 Å². The molecule has 1 heterocycles. The largest absolute Gasteiger partial charge is 0.497 e. The molecule has 1 amide bonds. The van der Waals surface area contributed by atoms with Crippen LogP contribution < -0.4 is 15.4 Å². The third kappa shape index (κ3) is 5.96. The molecule has 0 bridgehead atoms. The highest BCUT2D eigenvalue weighted by Crippen LogP contribution is 2.25. The minimum atomic E-state index is -0.678. The Morgan fingerprint density at radius 1 is 1.09 bits per heavy atom. The van der Waals surface area contributed by atoms with E-state index in [0.29, 0.717) is 43.2 Å². The first-order valence-corrected chi connectivity index (χ1v) is 9.83. The predicted octanol–water partition coefficient (Wildman–Crippen LogP) is 2.80. The Bertz CT molecular complexity index is 957. The minimum Gasteiger partial charge on any atom is -0.497 e. The van der Waals surface area contributed by atoms with Crippen molar-refractivity contribution in [1.82, 2.24) is 4.90 Å². The van der Waals surface area contributed by atoms with Gasteiger partial charge in [-0.15, -0.1) is 0 Å². The smallest absolute Gasteiger partial charge is 0.313 e. The molecule has 0 atom stereocenters. The summed E-state index contributed by atoms with van der Waals surface area (Å²) in [5, 5.41) is 7.10. The number of carbonyl (C=O) groups is 2. The Balaban J connectivity index is 0.00000363. The van der Waals surface area contributed by atoms with Gasteiger partial charge in [-0.1, -0.05) is 19.6 Å². The first kappa shape index (κ1) is 24.6. The molecule has 3 N–H and O–H groups in total. The molecule has 0 aromatic heterocycles. The Morgan fingerprint density at radius 3 is 2.34 bits per heavy atom. The zero-order valence-electron chi connectivity index (χ0n) is 17.3. The number of halogens is 1. The number of nitrogens with one attached hydrogen (secondary N) is 1. The van der Waals surface area contributed by atoms with E-state index in [1.165, 1.54) is 0 Å². The van der Waals surface area contributed by atoms with Crippen molar-refractivity contribution >= 4 is 23.4 Å². The van der Waals surface area contributed by atoms with Crippen LogP contribution in [-0.2, 0) is 16.1 Å². The molecule has 9 heteroatoms. The van der Waals surface area contributed by atoms with E-state index in [1.807, 2.05) is 4.90 Å². The van der Waals surface area contributed by atoms with Crippen molar-refractivity contribution in [3.63, 3.8) is 0 Å². The Hall–Kier alpha value is -3.62. The number of anilines is 1. The lowest BCUT2D eigenvalue weighted by Gasteiger charge is -2.36. The quantitative estimate of drug-likeness (QED) is 0.386. The number of rotatable bonds is 7. The monoisotopic (exact) mass is 444 g/mol. The highest BCUT2D eigenvalue weighted by molar-refractivity contribution is 5.95. The fourth-order valence-electron chi connectivity index (χ4n) is 3.35. The maximum Gasteiger partial charge on any atom is 0.313 e. The van der Waals surface area contributed by atoms with Gasteiger partial charge in [-0.25, -0.2) is 4.39 Å². The normalized spacial score (nSPS) is 13.2. The van der Waals surface area contributed by atoms with Crippen LogP contribution in [0.4, 0.5) is 10.1 Å². The van der Waals surface area contributed by atoms with Crippen LogP contribution in [0.25, 0.3) is 0 Å². The number of amidine groups is 1. The van der Waals surface area contributed by atoms with Crippen LogP contribution in [0.15, 0.2) is 42.5 Å². The van der Waals surface area contributed by atoms with E-state index in [0.717, 1.165) is 0 Å². The molecular formula is C23H29FN4O4. The lowest BCUT2D eigenvalue weighted by atomic mass is 10.1. The molecule has 1 saturated heterocycles. The van der Waals surface area contributed by atoms with Gasteiger partial charge in [0.15, 0.2) is 5.82 Å². The Morgan fingerprint density at radius 2 is 1.75 bits per heavy atom. The van der Waals surface area contributed by atoms with Gasteiger partial charge in [-0.2, -0.15) is 0 Å². The van der Waals surface area contributed by atoms with Crippen LogP contribution in [-0.4, -0.2) is 55.9 Å². The van der Waals surface area contributed by atoms with Gasteiger partial charge >= 0.3 is 5.97 Å². The Labute approximate surface area is 187 Å². The summed E-state index contributed by atoms with van der Waals surface area (Å²) in [7, 11) is 1.57. The van der Waals surface area contributed by atoms with Gasteiger partial charge in [0.05, 0.1) is 12.8 Å². The molecule has 8 nitrogen and oxygen atoms in total. The van der Waals surface area contributed by atoms with E-state index in [9.17, 15) is 14.0 Å². The maximum atomic E-state index is 15.0. The molecule has 1 aliphatic rings. The summed E-state index contributed by atoms with van der Waals surface area (Å²) in [5.41, 5.74) is 6.38. The number of carbonyl (C=O) groups excluding carboxylic acids is 2. The van der Waals surface area contributed by atoms with Crippen LogP contribution >= 0.6 is 0 Å². The number of ether oxygens (including phenoxy) is 2. The summed E-state index contributed by atoms with van der Waals surface area (Å²) in [4.78, 5) is 27.9. The number of hydrogen-bond donors (Lipinski definition) is 2. The van der Waals surface area contributed by atoms with Crippen molar-refractivity contribution in [2.24, 2.45) is 5.73 Å². The van der Waals surface area contributed by atoms with Crippen molar-refractivity contribution in [3.05, 3.63) is 59.4 Å². The molecule has 2 aromatic carbocycles. The summed E-state index contributed by atoms with van der Waals surface area (Å²) >= 11 is 0. The zero-order valence-corrected chi connectivity index (χ0v) is 17.3. The van der Waals surface area contributed by atoms with Crippen molar-refractivity contribution in [3.8, 4) is 5.75 Å². The van der Waals surface area contributed by atoms with Crippen molar-refractivity contribution in [2.75, 3.05) is 38.2 Å². The SMILES string of the molecule is C.COc1ccc(C(=O)N2CCN(c3cccc(COC(=O)CC(=N)N)c3F)CC2)cc1. The van der Waals surface area contributed by atoms with Crippen LogP contribution in [0.5, 0.6) is 5.75 Å². The highest BCUT2D eigenvalue weighted by Gasteiger charge is 2.24. The number of nitrogens with zero attached hydrogens (tertiary/aromatic N) is 2. The van der Waals surface area contributed by atoms with Crippen LogP contribution in [0.2, 0.25) is 0 Å². The molecule has 1 aliphatic heterocycles. The lowest BCUT2D eigenvalue weighted by molar-refractivity contribution is -0.143. The van der Waals surface area contributed by atoms with Crippen molar-refractivity contribution < 1.29 is 23.5 Å². The van der Waals surface area contributed by atoms with Gasteiger partial charge in [0.1, 0.15) is 24.6 Å². The molecule has 172 valence electrons. The third-order valence-corrected chi connectivity index (χ3v) is 5.03.